The molecule has 0 aromatic heterocycles. The maximum absolute atomic E-state index is 9.93. The van der Waals surface area contributed by atoms with E-state index in [1.165, 1.54) is 96.3 Å². The van der Waals surface area contributed by atoms with Gasteiger partial charge in [-0.25, -0.2) is 0 Å². The highest BCUT2D eigenvalue weighted by molar-refractivity contribution is 4.81. The van der Waals surface area contributed by atoms with Gasteiger partial charge in [0.15, 0.2) is 0 Å². The fourth-order valence-corrected chi connectivity index (χ4v) is 3.87. The van der Waals surface area contributed by atoms with Crippen molar-refractivity contribution < 1.29 is 10.2 Å². The zero-order valence-electron chi connectivity index (χ0n) is 20.8. The molecule has 0 saturated carbocycles. The van der Waals surface area contributed by atoms with Gasteiger partial charge in [-0.3, -0.25) is 4.90 Å². The third kappa shape index (κ3) is 20.9. The second-order valence-electron chi connectivity index (χ2n) is 9.18. The first kappa shape index (κ1) is 29.6. The van der Waals surface area contributed by atoms with Gasteiger partial charge in [-0.05, 0) is 51.5 Å². The van der Waals surface area contributed by atoms with Gasteiger partial charge in [0.2, 0.25) is 0 Å². The summed E-state index contributed by atoms with van der Waals surface area (Å²) in [7, 11) is 0. The fraction of sp³-hybridized carbons (Fsp3) is 0.926. The van der Waals surface area contributed by atoms with Crippen molar-refractivity contribution in [2.24, 2.45) is 0 Å². The van der Waals surface area contributed by atoms with Gasteiger partial charge >= 0.3 is 0 Å². The van der Waals surface area contributed by atoms with Crippen LogP contribution >= 0.6 is 0 Å². The minimum atomic E-state index is -0.270. The van der Waals surface area contributed by atoms with Crippen LogP contribution in [0.1, 0.15) is 130 Å². The molecular weight excluding hydrogens is 370 g/mol. The van der Waals surface area contributed by atoms with E-state index in [4.69, 9.17) is 0 Å². The van der Waals surface area contributed by atoms with E-state index >= 15 is 0 Å². The molecule has 0 fully saturated rings. The van der Waals surface area contributed by atoms with Gasteiger partial charge in [0.1, 0.15) is 0 Å². The summed E-state index contributed by atoms with van der Waals surface area (Å²) in [4.78, 5) is 2.25. The fourth-order valence-electron chi connectivity index (χ4n) is 3.87. The molecule has 0 bridgehead atoms. The SMILES string of the molecule is CCCCCCCC/C=C\CCCCCCCCCN(CC(O)CC)CC(O)CC. The Labute approximate surface area is 189 Å². The molecule has 2 unspecified atom stereocenters. The number of aliphatic hydroxyl groups excluding tert-OH is 2. The van der Waals surface area contributed by atoms with Gasteiger partial charge in [0.05, 0.1) is 12.2 Å². The normalized spacial score (nSPS) is 14.1. The summed E-state index contributed by atoms with van der Waals surface area (Å²) in [6.45, 7) is 8.70. The van der Waals surface area contributed by atoms with Crippen molar-refractivity contribution in [2.75, 3.05) is 19.6 Å². The van der Waals surface area contributed by atoms with Crippen LogP contribution in [0.4, 0.5) is 0 Å². The van der Waals surface area contributed by atoms with Crippen LogP contribution in [0.5, 0.6) is 0 Å². The van der Waals surface area contributed by atoms with E-state index in [2.05, 4.69) is 24.0 Å². The second kappa shape index (κ2) is 23.3. The second-order valence-corrected chi connectivity index (χ2v) is 9.18. The molecule has 0 amide bonds. The minimum absolute atomic E-state index is 0.270. The molecule has 0 radical (unpaired) electrons. The average Bonchev–Trinajstić information content (AvgIpc) is 2.75. The molecule has 0 heterocycles. The van der Waals surface area contributed by atoms with E-state index in [-0.39, 0.29) is 12.2 Å². The van der Waals surface area contributed by atoms with E-state index in [0.717, 1.165) is 19.4 Å². The van der Waals surface area contributed by atoms with E-state index < -0.39 is 0 Å². The van der Waals surface area contributed by atoms with E-state index in [9.17, 15) is 10.2 Å². The van der Waals surface area contributed by atoms with Crippen LogP contribution in [0, 0.1) is 0 Å². The first-order chi connectivity index (χ1) is 14.6. The number of hydrogen-bond acceptors (Lipinski definition) is 3. The molecule has 2 atom stereocenters. The molecule has 0 aromatic carbocycles. The quantitative estimate of drug-likeness (QED) is 0.134. The van der Waals surface area contributed by atoms with Crippen molar-refractivity contribution in [1.29, 1.82) is 0 Å². The van der Waals surface area contributed by atoms with Crippen molar-refractivity contribution in [3.05, 3.63) is 12.2 Å². The smallest absolute Gasteiger partial charge is 0.0664 e. The lowest BCUT2D eigenvalue weighted by molar-refractivity contribution is 0.0654. The molecule has 0 aliphatic rings. The highest BCUT2D eigenvalue weighted by Gasteiger charge is 2.13. The van der Waals surface area contributed by atoms with Crippen LogP contribution in [-0.4, -0.2) is 47.0 Å². The van der Waals surface area contributed by atoms with Gasteiger partial charge in [0.25, 0.3) is 0 Å². The predicted molar refractivity (Wildman–Crippen MR) is 133 cm³/mol. The lowest BCUT2D eigenvalue weighted by atomic mass is 10.1. The maximum Gasteiger partial charge on any atom is 0.0664 e. The molecule has 0 aliphatic heterocycles. The Bertz CT molecular complexity index is 347. The topological polar surface area (TPSA) is 43.7 Å². The van der Waals surface area contributed by atoms with Crippen LogP contribution in [0.15, 0.2) is 12.2 Å². The Balaban J connectivity index is 3.51. The molecular formula is C27H55NO2. The van der Waals surface area contributed by atoms with Gasteiger partial charge in [-0.15, -0.1) is 0 Å². The lowest BCUT2D eigenvalue weighted by Gasteiger charge is -2.26. The van der Waals surface area contributed by atoms with Crippen molar-refractivity contribution in [3.63, 3.8) is 0 Å². The summed E-state index contributed by atoms with van der Waals surface area (Å²) in [5, 5.41) is 19.9. The number of rotatable bonds is 23. The molecule has 0 rings (SSSR count). The third-order valence-corrected chi connectivity index (χ3v) is 6.12. The first-order valence-corrected chi connectivity index (χ1v) is 13.4. The third-order valence-electron chi connectivity index (χ3n) is 6.12. The van der Waals surface area contributed by atoms with Gasteiger partial charge in [0, 0.05) is 13.1 Å². The zero-order valence-corrected chi connectivity index (χ0v) is 20.8. The van der Waals surface area contributed by atoms with Crippen LogP contribution in [-0.2, 0) is 0 Å². The Morgan fingerprint density at radius 3 is 1.40 bits per heavy atom. The van der Waals surface area contributed by atoms with Crippen molar-refractivity contribution in [3.8, 4) is 0 Å². The van der Waals surface area contributed by atoms with Gasteiger partial charge < -0.3 is 10.2 Å². The number of hydrogen-bond donors (Lipinski definition) is 2. The van der Waals surface area contributed by atoms with Crippen molar-refractivity contribution in [2.45, 2.75) is 142 Å². The van der Waals surface area contributed by atoms with Gasteiger partial charge in [-0.1, -0.05) is 97.1 Å². The van der Waals surface area contributed by atoms with Crippen LogP contribution in [0.2, 0.25) is 0 Å². The molecule has 0 spiro atoms. The largest absolute Gasteiger partial charge is 0.392 e. The minimum Gasteiger partial charge on any atom is -0.392 e. The number of unbranched alkanes of at least 4 members (excludes halogenated alkanes) is 13. The van der Waals surface area contributed by atoms with Crippen LogP contribution < -0.4 is 0 Å². The molecule has 0 aliphatic carbocycles. The summed E-state index contributed by atoms with van der Waals surface area (Å²) >= 11 is 0. The Kier molecular flexibility index (Phi) is 23.0. The molecule has 0 saturated heterocycles. The molecule has 3 heteroatoms. The molecule has 3 nitrogen and oxygen atoms in total. The monoisotopic (exact) mass is 425 g/mol. The summed E-state index contributed by atoms with van der Waals surface area (Å²) in [6, 6.07) is 0. The summed E-state index contributed by atoms with van der Waals surface area (Å²) < 4.78 is 0. The van der Waals surface area contributed by atoms with Crippen molar-refractivity contribution in [1.82, 2.24) is 4.90 Å². The standard InChI is InChI=1S/C27H55NO2/c1-4-7-8-9-10-11-12-13-14-15-16-17-18-19-20-21-22-23-28(24-26(29)5-2)25-27(30)6-3/h13-14,26-27,29-30H,4-12,15-25H2,1-3H3/b14-13-. The highest BCUT2D eigenvalue weighted by Crippen LogP contribution is 2.11. The molecule has 0 aromatic rings. The van der Waals surface area contributed by atoms with Crippen LogP contribution in [0.25, 0.3) is 0 Å². The van der Waals surface area contributed by atoms with Crippen molar-refractivity contribution >= 4 is 0 Å². The zero-order chi connectivity index (χ0) is 22.3. The number of nitrogens with zero attached hydrogens (tertiary/aromatic N) is 1. The Morgan fingerprint density at radius 2 is 0.967 bits per heavy atom. The average molecular weight is 426 g/mol. The summed E-state index contributed by atoms with van der Waals surface area (Å²) in [6.07, 6.45) is 25.9. The molecule has 30 heavy (non-hydrogen) atoms. The number of aliphatic hydroxyl groups is 2. The summed E-state index contributed by atoms with van der Waals surface area (Å²) in [5.41, 5.74) is 0. The van der Waals surface area contributed by atoms with E-state index in [1.54, 1.807) is 0 Å². The number of allylic oxidation sites excluding steroid dienone is 2. The predicted octanol–water partition coefficient (Wildman–Crippen LogP) is 7.26. The van der Waals surface area contributed by atoms with Crippen LogP contribution in [0.3, 0.4) is 0 Å². The van der Waals surface area contributed by atoms with E-state index in [0.29, 0.717) is 13.1 Å². The first-order valence-electron chi connectivity index (χ1n) is 13.4. The molecule has 2 N–H and O–H groups in total. The Hall–Kier alpha value is -0.380. The Morgan fingerprint density at radius 1 is 0.567 bits per heavy atom. The van der Waals surface area contributed by atoms with E-state index in [1.807, 2.05) is 13.8 Å². The molecule has 180 valence electrons. The lowest BCUT2D eigenvalue weighted by Crippen LogP contribution is -2.38. The maximum atomic E-state index is 9.93. The summed E-state index contributed by atoms with van der Waals surface area (Å²) in [5.74, 6) is 0. The highest BCUT2D eigenvalue weighted by atomic mass is 16.3. The van der Waals surface area contributed by atoms with Gasteiger partial charge in [-0.2, -0.15) is 0 Å².